The van der Waals surface area contributed by atoms with Gasteiger partial charge in [-0.2, -0.15) is 0 Å². The molecule has 0 spiro atoms. The van der Waals surface area contributed by atoms with Crippen LogP contribution in [0.1, 0.15) is 51.3 Å². The fourth-order valence-corrected chi connectivity index (χ4v) is 12.2. The van der Waals surface area contributed by atoms with Gasteiger partial charge in [0, 0.05) is 0 Å². The highest BCUT2D eigenvalue weighted by atomic mass is 28.4. The molecule has 0 radical (unpaired) electrons. The largest absolute Gasteiger partial charge is 0.441 e. The molecule has 0 amide bonds. The normalized spacial score (nSPS) is 14.6. The molecule has 0 saturated carbocycles. The standard InChI is InChI=1S/C26H41NOSi2/c1-11-27(12-2)30(10,28-29(7,8)9)25-19-15-23(16-20-25)21(3)22-13-17-24(18-14-22)26(4,5)6/h13-20H,3,11-12H2,1-2,4-10H3. The summed E-state index contributed by atoms with van der Waals surface area (Å²) in [5.74, 6) is 0. The predicted octanol–water partition coefficient (Wildman–Crippen LogP) is 6.52. The minimum Gasteiger partial charge on any atom is -0.441 e. The maximum absolute atomic E-state index is 6.87. The second-order valence-electron chi connectivity index (χ2n) is 10.3. The molecule has 1 unspecified atom stereocenters. The number of nitrogens with zero attached hydrogens (tertiary/aromatic N) is 1. The lowest BCUT2D eigenvalue weighted by Gasteiger charge is -2.42. The molecular formula is C26H41NOSi2. The summed E-state index contributed by atoms with van der Waals surface area (Å²) in [7, 11) is -3.87. The summed E-state index contributed by atoms with van der Waals surface area (Å²) in [6.45, 7) is 26.8. The third-order valence-electron chi connectivity index (χ3n) is 5.74. The minimum atomic E-state index is -2.19. The van der Waals surface area contributed by atoms with Crippen molar-refractivity contribution in [3.63, 3.8) is 0 Å². The van der Waals surface area contributed by atoms with Crippen molar-refractivity contribution in [2.75, 3.05) is 13.1 Å². The van der Waals surface area contributed by atoms with Crippen LogP contribution in [0.2, 0.25) is 26.2 Å². The van der Waals surface area contributed by atoms with Crippen molar-refractivity contribution >= 4 is 27.6 Å². The Kier molecular flexibility index (Phi) is 7.73. The molecule has 1 atom stereocenters. The van der Waals surface area contributed by atoms with Crippen molar-refractivity contribution in [3.8, 4) is 0 Å². The van der Waals surface area contributed by atoms with E-state index in [-0.39, 0.29) is 5.41 Å². The van der Waals surface area contributed by atoms with Gasteiger partial charge in [-0.05, 0) is 72.1 Å². The first kappa shape index (κ1) is 24.8. The van der Waals surface area contributed by atoms with E-state index in [2.05, 4.69) is 120 Å². The van der Waals surface area contributed by atoms with Gasteiger partial charge in [0.2, 0.25) is 0 Å². The van der Waals surface area contributed by atoms with Gasteiger partial charge >= 0.3 is 0 Å². The van der Waals surface area contributed by atoms with E-state index < -0.39 is 16.8 Å². The zero-order chi connectivity index (χ0) is 22.7. The van der Waals surface area contributed by atoms with Gasteiger partial charge in [0.05, 0.1) is 0 Å². The molecule has 0 heterocycles. The van der Waals surface area contributed by atoms with E-state index >= 15 is 0 Å². The Morgan fingerprint density at radius 2 is 1.27 bits per heavy atom. The van der Waals surface area contributed by atoms with Crippen LogP contribution >= 0.6 is 0 Å². The zero-order valence-corrected chi connectivity index (χ0v) is 22.6. The van der Waals surface area contributed by atoms with E-state index in [0.29, 0.717) is 0 Å². The van der Waals surface area contributed by atoms with Crippen molar-refractivity contribution in [2.24, 2.45) is 0 Å². The first-order valence-corrected chi connectivity index (χ1v) is 16.9. The minimum absolute atomic E-state index is 0.164. The number of hydrogen-bond acceptors (Lipinski definition) is 2. The fraction of sp³-hybridized carbons (Fsp3) is 0.462. The molecule has 2 aromatic rings. The summed E-state index contributed by atoms with van der Waals surface area (Å²) >= 11 is 0. The number of rotatable bonds is 8. The average molecular weight is 440 g/mol. The van der Waals surface area contributed by atoms with E-state index in [1.807, 2.05) is 0 Å². The van der Waals surface area contributed by atoms with E-state index in [1.165, 1.54) is 21.9 Å². The highest BCUT2D eigenvalue weighted by molar-refractivity contribution is 6.91. The Labute approximate surface area is 187 Å². The van der Waals surface area contributed by atoms with Crippen molar-refractivity contribution < 1.29 is 4.12 Å². The van der Waals surface area contributed by atoms with Crippen LogP contribution in [0, 0.1) is 0 Å². The molecule has 2 nitrogen and oxygen atoms in total. The van der Waals surface area contributed by atoms with Crippen molar-refractivity contribution in [1.82, 2.24) is 4.57 Å². The molecule has 0 aliphatic rings. The molecule has 2 rings (SSSR count). The van der Waals surface area contributed by atoms with Gasteiger partial charge in [-0.25, -0.2) is 0 Å². The molecule has 30 heavy (non-hydrogen) atoms. The van der Waals surface area contributed by atoms with E-state index in [4.69, 9.17) is 4.12 Å². The third kappa shape index (κ3) is 5.82. The lowest BCUT2D eigenvalue weighted by Crippen LogP contribution is -2.65. The van der Waals surface area contributed by atoms with E-state index in [9.17, 15) is 0 Å². The Morgan fingerprint density at radius 1 is 0.833 bits per heavy atom. The summed E-state index contributed by atoms with van der Waals surface area (Å²) in [5, 5.41) is 1.34. The number of hydrogen-bond donors (Lipinski definition) is 0. The monoisotopic (exact) mass is 439 g/mol. The lowest BCUT2D eigenvalue weighted by atomic mass is 9.86. The van der Waals surface area contributed by atoms with Crippen molar-refractivity contribution in [1.29, 1.82) is 0 Å². The van der Waals surface area contributed by atoms with Gasteiger partial charge in [0.15, 0.2) is 8.32 Å². The van der Waals surface area contributed by atoms with Gasteiger partial charge in [-0.15, -0.1) is 0 Å². The van der Waals surface area contributed by atoms with Crippen molar-refractivity contribution in [2.45, 2.75) is 66.2 Å². The van der Waals surface area contributed by atoms with Crippen LogP contribution in [-0.2, 0) is 9.53 Å². The van der Waals surface area contributed by atoms with Crippen LogP contribution in [0.15, 0.2) is 55.1 Å². The molecule has 164 valence electrons. The quantitative estimate of drug-likeness (QED) is 0.434. The summed E-state index contributed by atoms with van der Waals surface area (Å²) in [6, 6.07) is 17.8. The summed E-state index contributed by atoms with van der Waals surface area (Å²) in [4.78, 5) is 0. The average Bonchev–Trinajstić information content (AvgIpc) is 2.66. The fourth-order valence-electron chi connectivity index (χ4n) is 4.05. The predicted molar refractivity (Wildman–Crippen MR) is 138 cm³/mol. The maximum Gasteiger partial charge on any atom is 0.291 e. The zero-order valence-electron chi connectivity index (χ0n) is 20.6. The first-order chi connectivity index (χ1) is 13.8. The number of benzene rings is 2. The molecular weight excluding hydrogens is 398 g/mol. The van der Waals surface area contributed by atoms with Gasteiger partial charge in [0.25, 0.3) is 8.48 Å². The summed E-state index contributed by atoms with van der Waals surface area (Å²) in [5.41, 5.74) is 4.93. The van der Waals surface area contributed by atoms with Crippen LogP contribution in [0.25, 0.3) is 5.57 Å². The second kappa shape index (κ2) is 9.35. The topological polar surface area (TPSA) is 12.5 Å². The summed E-state index contributed by atoms with van der Waals surface area (Å²) < 4.78 is 9.41. The van der Waals surface area contributed by atoms with Crippen LogP contribution in [0.3, 0.4) is 0 Å². The second-order valence-corrected chi connectivity index (χ2v) is 18.5. The third-order valence-corrected chi connectivity index (χ3v) is 13.0. The highest BCUT2D eigenvalue weighted by Crippen LogP contribution is 2.27. The van der Waals surface area contributed by atoms with Crippen LogP contribution in [0.4, 0.5) is 0 Å². The molecule has 0 aliphatic carbocycles. The molecule has 0 bridgehead atoms. The van der Waals surface area contributed by atoms with E-state index in [0.717, 1.165) is 18.7 Å². The SMILES string of the molecule is C=C(c1ccc(C(C)(C)C)cc1)c1ccc([Si](C)(O[Si](C)(C)C)N(CC)CC)cc1. The van der Waals surface area contributed by atoms with Crippen LogP contribution in [-0.4, -0.2) is 34.5 Å². The Bertz CT molecular complexity index is 841. The van der Waals surface area contributed by atoms with Crippen LogP contribution in [0.5, 0.6) is 0 Å². The van der Waals surface area contributed by atoms with Gasteiger partial charge in [-0.3, -0.25) is 0 Å². The molecule has 0 N–H and O–H groups in total. The Hall–Kier alpha value is -1.47. The smallest absolute Gasteiger partial charge is 0.291 e. The lowest BCUT2D eigenvalue weighted by molar-refractivity contribution is 0.381. The molecule has 4 heteroatoms. The van der Waals surface area contributed by atoms with E-state index in [1.54, 1.807) is 0 Å². The van der Waals surface area contributed by atoms with Gasteiger partial charge in [0.1, 0.15) is 0 Å². The molecule has 0 aromatic heterocycles. The molecule has 0 aliphatic heterocycles. The first-order valence-electron chi connectivity index (χ1n) is 11.2. The molecule has 2 aromatic carbocycles. The maximum atomic E-state index is 6.87. The van der Waals surface area contributed by atoms with Gasteiger partial charge < -0.3 is 8.68 Å². The highest BCUT2D eigenvalue weighted by Gasteiger charge is 2.41. The molecule has 0 saturated heterocycles. The summed E-state index contributed by atoms with van der Waals surface area (Å²) in [6.07, 6.45) is 0. The Morgan fingerprint density at radius 3 is 1.63 bits per heavy atom. The molecule has 0 fully saturated rings. The van der Waals surface area contributed by atoms with Gasteiger partial charge in [-0.1, -0.05) is 89.7 Å². The van der Waals surface area contributed by atoms with Crippen LogP contribution < -0.4 is 5.19 Å². The Balaban J connectivity index is 2.34. The van der Waals surface area contributed by atoms with Crippen molar-refractivity contribution in [3.05, 3.63) is 71.8 Å².